The fraction of sp³-hybridized carbons (Fsp3) is 0.429. The molecule has 0 aromatic heterocycles. The molecule has 1 amide bonds. The van der Waals surface area contributed by atoms with Crippen molar-refractivity contribution in [3.63, 3.8) is 0 Å². The molecule has 1 fully saturated rings. The molecule has 0 saturated heterocycles. The first-order valence-corrected chi connectivity index (χ1v) is 6.33. The topological polar surface area (TPSA) is 62.1 Å². The Morgan fingerprint density at radius 3 is 2.38 bits per heavy atom. The number of benzene rings is 1. The van der Waals surface area contributed by atoms with Crippen LogP contribution in [0, 0.1) is 22.7 Å². The molecular formula is C14H13F3N2O2. The SMILES string of the molecule is CC1CC(C#N)(C(=O)Nc2ccc(OC(F)(F)F)cc2)C1. The van der Waals surface area contributed by atoms with Crippen LogP contribution in [0.25, 0.3) is 0 Å². The van der Waals surface area contributed by atoms with Crippen LogP contribution in [0.5, 0.6) is 5.75 Å². The summed E-state index contributed by atoms with van der Waals surface area (Å²) in [6.45, 7) is 1.95. The van der Waals surface area contributed by atoms with Gasteiger partial charge in [-0.3, -0.25) is 4.79 Å². The Bertz CT molecular complexity index is 569. The third-order valence-corrected chi connectivity index (χ3v) is 3.39. The quantitative estimate of drug-likeness (QED) is 0.929. The lowest BCUT2D eigenvalue weighted by molar-refractivity contribution is -0.274. The van der Waals surface area contributed by atoms with E-state index in [1.54, 1.807) is 0 Å². The summed E-state index contributed by atoms with van der Waals surface area (Å²) in [6.07, 6.45) is -3.77. The maximum atomic E-state index is 12.1. The van der Waals surface area contributed by atoms with Gasteiger partial charge >= 0.3 is 6.36 Å². The van der Waals surface area contributed by atoms with Crippen LogP contribution in [0.4, 0.5) is 18.9 Å². The maximum absolute atomic E-state index is 12.1. The highest BCUT2D eigenvalue weighted by molar-refractivity contribution is 5.98. The van der Waals surface area contributed by atoms with Crippen molar-refractivity contribution in [1.29, 1.82) is 5.26 Å². The molecule has 1 aromatic rings. The van der Waals surface area contributed by atoms with E-state index in [-0.39, 0.29) is 5.75 Å². The Kier molecular flexibility index (Phi) is 3.81. The molecule has 112 valence electrons. The van der Waals surface area contributed by atoms with Crippen molar-refractivity contribution in [3.8, 4) is 11.8 Å². The van der Waals surface area contributed by atoms with Gasteiger partial charge in [-0.25, -0.2) is 0 Å². The van der Waals surface area contributed by atoms with Gasteiger partial charge in [-0.15, -0.1) is 13.2 Å². The molecule has 0 radical (unpaired) electrons. The minimum atomic E-state index is -4.75. The van der Waals surface area contributed by atoms with E-state index in [2.05, 4.69) is 10.1 Å². The number of amides is 1. The molecule has 7 heteroatoms. The van der Waals surface area contributed by atoms with Gasteiger partial charge in [-0.05, 0) is 43.0 Å². The third-order valence-electron chi connectivity index (χ3n) is 3.39. The first-order chi connectivity index (χ1) is 9.74. The van der Waals surface area contributed by atoms with Crippen molar-refractivity contribution < 1.29 is 22.7 Å². The van der Waals surface area contributed by atoms with Crippen LogP contribution in [0.15, 0.2) is 24.3 Å². The Labute approximate surface area is 119 Å². The summed E-state index contributed by atoms with van der Waals surface area (Å²) >= 11 is 0. The highest BCUT2D eigenvalue weighted by atomic mass is 19.4. The van der Waals surface area contributed by atoms with Crippen LogP contribution in [0.3, 0.4) is 0 Å². The Hall–Kier alpha value is -2.23. The second-order valence-corrected chi connectivity index (χ2v) is 5.23. The number of hydrogen-bond acceptors (Lipinski definition) is 3. The molecule has 0 spiro atoms. The average Bonchev–Trinajstić information content (AvgIpc) is 2.35. The molecule has 4 nitrogen and oxygen atoms in total. The predicted molar refractivity (Wildman–Crippen MR) is 68.2 cm³/mol. The largest absolute Gasteiger partial charge is 0.573 e. The first kappa shape index (κ1) is 15.2. The highest BCUT2D eigenvalue weighted by Crippen LogP contribution is 2.45. The van der Waals surface area contributed by atoms with Crippen LogP contribution >= 0.6 is 0 Å². The van der Waals surface area contributed by atoms with Crippen molar-refractivity contribution >= 4 is 11.6 Å². The number of halogens is 3. The predicted octanol–water partition coefficient (Wildman–Crippen LogP) is 3.46. The Morgan fingerprint density at radius 2 is 1.95 bits per heavy atom. The van der Waals surface area contributed by atoms with Gasteiger partial charge in [0.1, 0.15) is 11.2 Å². The van der Waals surface area contributed by atoms with Crippen molar-refractivity contribution in [2.45, 2.75) is 26.1 Å². The summed E-state index contributed by atoms with van der Waals surface area (Å²) in [5.74, 6) is -0.474. The van der Waals surface area contributed by atoms with Gasteiger partial charge in [0.05, 0.1) is 6.07 Å². The minimum Gasteiger partial charge on any atom is -0.406 e. The monoisotopic (exact) mass is 298 g/mol. The first-order valence-electron chi connectivity index (χ1n) is 6.33. The summed E-state index contributed by atoms with van der Waals surface area (Å²) in [5.41, 5.74) is -0.704. The molecule has 1 aliphatic carbocycles. The highest BCUT2D eigenvalue weighted by Gasteiger charge is 2.48. The Balaban J connectivity index is 2.01. The minimum absolute atomic E-state index is 0.318. The van der Waals surface area contributed by atoms with E-state index in [1.165, 1.54) is 12.1 Å². The molecule has 1 saturated carbocycles. The molecule has 0 atom stereocenters. The number of hydrogen-bond donors (Lipinski definition) is 1. The normalized spacial score (nSPS) is 24.6. The molecule has 0 heterocycles. The molecule has 1 aromatic carbocycles. The standard InChI is InChI=1S/C14H13F3N2O2/c1-9-6-13(7-9,8-18)12(20)19-10-2-4-11(5-3-10)21-14(15,16)17/h2-5,9H,6-7H2,1H3,(H,19,20). The molecule has 21 heavy (non-hydrogen) atoms. The molecule has 1 aliphatic rings. The van der Waals surface area contributed by atoms with E-state index in [0.717, 1.165) is 12.1 Å². The number of carbonyl (C=O) groups is 1. The van der Waals surface area contributed by atoms with Crippen molar-refractivity contribution in [2.75, 3.05) is 5.32 Å². The fourth-order valence-corrected chi connectivity index (χ4v) is 2.45. The smallest absolute Gasteiger partial charge is 0.406 e. The van der Waals surface area contributed by atoms with Gasteiger partial charge < -0.3 is 10.1 Å². The number of nitriles is 1. The number of alkyl halides is 3. The number of rotatable bonds is 3. The number of nitrogens with one attached hydrogen (secondary N) is 1. The average molecular weight is 298 g/mol. The van der Waals surface area contributed by atoms with E-state index in [1.807, 2.05) is 13.0 Å². The second-order valence-electron chi connectivity index (χ2n) is 5.23. The van der Waals surface area contributed by atoms with Crippen molar-refractivity contribution in [2.24, 2.45) is 11.3 Å². The Morgan fingerprint density at radius 1 is 1.38 bits per heavy atom. The molecule has 1 N–H and O–H groups in total. The van der Waals surface area contributed by atoms with Gasteiger partial charge in [0.25, 0.3) is 0 Å². The van der Waals surface area contributed by atoms with Gasteiger partial charge in [0.2, 0.25) is 5.91 Å². The lowest BCUT2D eigenvalue weighted by Gasteiger charge is -2.39. The maximum Gasteiger partial charge on any atom is 0.573 e. The van der Waals surface area contributed by atoms with E-state index in [0.29, 0.717) is 24.4 Å². The zero-order valence-electron chi connectivity index (χ0n) is 11.2. The number of nitrogens with zero attached hydrogens (tertiary/aromatic N) is 1. The lowest BCUT2D eigenvalue weighted by atomic mass is 9.63. The number of carbonyl (C=O) groups excluding carboxylic acids is 1. The summed E-state index contributed by atoms with van der Waals surface area (Å²) in [6, 6.07) is 6.82. The van der Waals surface area contributed by atoms with Gasteiger partial charge in [0.15, 0.2) is 0 Å². The van der Waals surface area contributed by atoms with Crippen LogP contribution < -0.4 is 10.1 Å². The summed E-state index contributed by atoms with van der Waals surface area (Å²) < 4.78 is 39.8. The third kappa shape index (κ3) is 3.45. The number of anilines is 1. The van der Waals surface area contributed by atoms with E-state index >= 15 is 0 Å². The van der Waals surface area contributed by atoms with Crippen LogP contribution in [-0.2, 0) is 4.79 Å². The van der Waals surface area contributed by atoms with Gasteiger partial charge in [-0.1, -0.05) is 6.92 Å². The fourth-order valence-electron chi connectivity index (χ4n) is 2.45. The lowest BCUT2D eigenvalue weighted by Crippen LogP contribution is -2.45. The van der Waals surface area contributed by atoms with E-state index in [4.69, 9.17) is 5.26 Å². The summed E-state index contributed by atoms with van der Waals surface area (Å²) in [7, 11) is 0. The summed E-state index contributed by atoms with van der Waals surface area (Å²) in [5, 5.41) is 11.7. The van der Waals surface area contributed by atoms with Crippen molar-refractivity contribution in [1.82, 2.24) is 0 Å². The second kappa shape index (κ2) is 5.28. The van der Waals surface area contributed by atoms with Crippen molar-refractivity contribution in [3.05, 3.63) is 24.3 Å². The van der Waals surface area contributed by atoms with Crippen LogP contribution in [0.2, 0.25) is 0 Å². The van der Waals surface area contributed by atoms with E-state index in [9.17, 15) is 18.0 Å². The zero-order chi connectivity index (χ0) is 15.7. The number of ether oxygens (including phenoxy) is 1. The van der Waals surface area contributed by atoms with Gasteiger partial charge in [-0.2, -0.15) is 5.26 Å². The molecular weight excluding hydrogens is 285 g/mol. The zero-order valence-corrected chi connectivity index (χ0v) is 11.2. The molecule has 2 rings (SSSR count). The van der Waals surface area contributed by atoms with E-state index < -0.39 is 17.7 Å². The summed E-state index contributed by atoms with van der Waals surface area (Å²) in [4.78, 5) is 12.1. The van der Waals surface area contributed by atoms with Crippen LogP contribution in [0.1, 0.15) is 19.8 Å². The molecule has 0 unspecified atom stereocenters. The van der Waals surface area contributed by atoms with Gasteiger partial charge in [0, 0.05) is 5.69 Å². The molecule has 0 bridgehead atoms. The van der Waals surface area contributed by atoms with Crippen LogP contribution in [-0.4, -0.2) is 12.3 Å². The molecule has 0 aliphatic heterocycles.